The Kier molecular flexibility index (Phi) is 7.25. The molecular formula is C19H25N5OS2. The molecule has 1 amide bonds. The number of piperazine rings is 1. The summed E-state index contributed by atoms with van der Waals surface area (Å²) in [5.74, 6) is 0.176. The van der Waals surface area contributed by atoms with E-state index in [9.17, 15) is 4.79 Å². The highest BCUT2D eigenvalue weighted by Crippen LogP contribution is 2.29. The van der Waals surface area contributed by atoms with Crippen LogP contribution in [0.3, 0.4) is 0 Å². The molecule has 1 N–H and O–H groups in total. The van der Waals surface area contributed by atoms with Crippen molar-refractivity contribution >= 4 is 34.1 Å². The zero-order valence-corrected chi connectivity index (χ0v) is 17.1. The van der Waals surface area contributed by atoms with Gasteiger partial charge in [0.05, 0.1) is 5.25 Å². The van der Waals surface area contributed by atoms with E-state index in [-0.39, 0.29) is 11.2 Å². The van der Waals surface area contributed by atoms with Crippen LogP contribution in [0.2, 0.25) is 0 Å². The molecule has 27 heavy (non-hydrogen) atoms. The molecule has 0 unspecified atom stereocenters. The number of hydrogen-bond donors (Lipinski definition) is 1. The number of carbonyl (C=O) groups excluding carboxylic acids is 1. The van der Waals surface area contributed by atoms with E-state index < -0.39 is 0 Å². The summed E-state index contributed by atoms with van der Waals surface area (Å²) in [4.78, 5) is 17.1. The van der Waals surface area contributed by atoms with Crippen LogP contribution in [0.15, 0.2) is 47.3 Å². The molecule has 1 aromatic carbocycles. The fraction of sp³-hybridized carbons (Fsp3) is 0.421. The minimum absolute atomic E-state index is 0.161. The number of nitrogens with one attached hydrogen (secondary N) is 1. The van der Waals surface area contributed by atoms with Crippen molar-refractivity contribution < 1.29 is 4.79 Å². The van der Waals surface area contributed by atoms with Gasteiger partial charge in [-0.05, 0) is 12.5 Å². The van der Waals surface area contributed by atoms with Crippen molar-refractivity contribution in [2.75, 3.05) is 38.0 Å². The molecule has 3 rings (SSSR count). The number of carbonyl (C=O) groups is 1. The summed E-state index contributed by atoms with van der Waals surface area (Å²) < 4.78 is 0.810. The highest BCUT2D eigenvalue weighted by atomic mass is 32.2. The van der Waals surface area contributed by atoms with Crippen LogP contribution in [0.5, 0.6) is 0 Å². The molecule has 2 aromatic rings. The molecular weight excluding hydrogens is 378 g/mol. The van der Waals surface area contributed by atoms with Crippen molar-refractivity contribution in [2.45, 2.75) is 23.1 Å². The van der Waals surface area contributed by atoms with Gasteiger partial charge in [0.15, 0.2) is 4.34 Å². The molecule has 8 heteroatoms. The lowest BCUT2D eigenvalue weighted by molar-refractivity contribution is -0.132. The Bertz CT molecular complexity index is 744. The Morgan fingerprint density at radius 3 is 2.74 bits per heavy atom. The summed E-state index contributed by atoms with van der Waals surface area (Å²) in [6.45, 7) is 10.6. The van der Waals surface area contributed by atoms with Gasteiger partial charge in [-0.2, -0.15) is 0 Å². The van der Waals surface area contributed by atoms with Gasteiger partial charge in [0.25, 0.3) is 0 Å². The van der Waals surface area contributed by atoms with Crippen molar-refractivity contribution in [3.8, 4) is 0 Å². The first-order valence-electron chi connectivity index (χ1n) is 9.05. The molecule has 0 aliphatic carbocycles. The van der Waals surface area contributed by atoms with Gasteiger partial charge in [-0.15, -0.1) is 16.8 Å². The number of amides is 1. The summed E-state index contributed by atoms with van der Waals surface area (Å²) in [6.07, 6.45) is 1.78. The average Bonchev–Trinajstić information content (AvgIpc) is 3.14. The standard InChI is InChI=1S/C19H25N5OS2/c1-3-9-20-18-21-22-19(27-18)26-15(2)17(25)24-12-10-23(11-13-24)14-16-7-5-4-6-8-16/h3-8,15H,1,9-14H2,2H3,(H,20,21)/t15-/m0/s1. The van der Waals surface area contributed by atoms with Gasteiger partial charge >= 0.3 is 0 Å². The Hall–Kier alpha value is -1.90. The van der Waals surface area contributed by atoms with Crippen LogP contribution in [0.25, 0.3) is 0 Å². The van der Waals surface area contributed by atoms with Crippen molar-refractivity contribution in [1.82, 2.24) is 20.0 Å². The summed E-state index contributed by atoms with van der Waals surface area (Å²) >= 11 is 2.95. The fourth-order valence-electron chi connectivity index (χ4n) is 2.92. The van der Waals surface area contributed by atoms with E-state index in [4.69, 9.17) is 0 Å². The van der Waals surface area contributed by atoms with Gasteiger partial charge in [-0.25, -0.2) is 0 Å². The number of anilines is 1. The molecule has 0 radical (unpaired) electrons. The second-order valence-corrected chi connectivity index (χ2v) is 8.96. The van der Waals surface area contributed by atoms with Crippen molar-refractivity contribution in [3.63, 3.8) is 0 Å². The zero-order valence-electron chi connectivity index (χ0n) is 15.5. The van der Waals surface area contributed by atoms with Crippen LogP contribution in [-0.4, -0.2) is 63.9 Å². The van der Waals surface area contributed by atoms with E-state index in [2.05, 4.69) is 51.3 Å². The van der Waals surface area contributed by atoms with Crippen LogP contribution in [0.1, 0.15) is 12.5 Å². The predicted molar refractivity (Wildman–Crippen MR) is 112 cm³/mol. The van der Waals surface area contributed by atoms with E-state index in [0.717, 1.165) is 42.2 Å². The molecule has 1 aromatic heterocycles. The SMILES string of the molecule is C=CCNc1nnc(S[C@@H](C)C(=O)N2CCN(Cc3ccccc3)CC2)s1. The second-order valence-electron chi connectivity index (χ2n) is 6.39. The number of aromatic nitrogens is 2. The molecule has 1 saturated heterocycles. The van der Waals surface area contributed by atoms with Crippen LogP contribution in [-0.2, 0) is 11.3 Å². The molecule has 0 bridgehead atoms. The first-order chi connectivity index (χ1) is 13.2. The minimum Gasteiger partial charge on any atom is -0.357 e. The van der Waals surface area contributed by atoms with Gasteiger partial charge in [-0.3, -0.25) is 9.69 Å². The summed E-state index contributed by atoms with van der Waals surface area (Å²) in [7, 11) is 0. The lowest BCUT2D eigenvalue weighted by atomic mass is 10.2. The van der Waals surface area contributed by atoms with E-state index in [1.165, 1.54) is 28.7 Å². The summed E-state index contributed by atoms with van der Waals surface area (Å²) in [6, 6.07) is 10.5. The van der Waals surface area contributed by atoms with E-state index in [1.54, 1.807) is 6.08 Å². The molecule has 6 nitrogen and oxygen atoms in total. The molecule has 144 valence electrons. The van der Waals surface area contributed by atoms with E-state index in [0.29, 0.717) is 6.54 Å². The Labute approximate surface area is 168 Å². The minimum atomic E-state index is -0.161. The highest BCUT2D eigenvalue weighted by molar-refractivity contribution is 8.02. The molecule has 0 saturated carbocycles. The number of benzene rings is 1. The Morgan fingerprint density at radius 1 is 1.30 bits per heavy atom. The summed E-state index contributed by atoms with van der Waals surface area (Å²) in [5, 5.41) is 11.9. The van der Waals surface area contributed by atoms with Crippen LogP contribution in [0, 0.1) is 0 Å². The van der Waals surface area contributed by atoms with E-state index in [1.807, 2.05) is 17.9 Å². The van der Waals surface area contributed by atoms with Gasteiger partial charge in [0.2, 0.25) is 11.0 Å². The topological polar surface area (TPSA) is 61.4 Å². The maximum absolute atomic E-state index is 12.8. The van der Waals surface area contributed by atoms with E-state index >= 15 is 0 Å². The largest absolute Gasteiger partial charge is 0.357 e. The number of hydrogen-bond acceptors (Lipinski definition) is 7. The third-order valence-electron chi connectivity index (χ3n) is 4.36. The number of nitrogens with zero attached hydrogens (tertiary/aromatic N) is 4. The van der Waals surface area contributed by atoms with Crippen LogP contribution < -0.4 is 5.32 Å². The first-order valence-corrected chi connectivity index (χ1v) is 10.8. The molecule has 1 fully saturated rings. The third-order valence-corrected chi connectivity index (χ3v) is 6.42. The van der Waals surface area contributed by atoms with Crippen molar-refractivity contribution in [3.05, 3.63) is 48.6 Å². The second kappa shape index (κ2) is 9.87. The number of rotatable bonds is 8. The average molecular weight is 404 g/mol. The maximum Gasteiger partial charge on any atom is 0.235 e. The number of thioether (sulfide) groups is 1. The maximum atomic E-state index is 12.8. The predicted octanol–water partition coefficient (Wildman–Crippen LogP) is 2.96. The van der Waals surface area contributed by atoms with Gasteiger partial charge in [0, 0.05) is 39.3 Å². The quantitative estimate of drug-likeness (QED) is 0.540. The molecule has 1 atom stereocenters. The lowest BCUT2D eigenvalue weighted by Crippen LogP contribution is -2.50. The van der Waals surface area contributed by atoms with Crippen LogP contribution >= 0.6 is 23.1 Å². The van der Waals surface area contributed by atoms with Crippen molar-refractivity contribution in [1.29, 1.82) is 0 Å². The molecule has 1 aliphatic rings. The van der Waals surface area contributed by atoms with Crippen LogP contribution in [0.4, 0.5) is 5.13 Å². The monoisotopic (exact) mass is 403 g/mol. The fourth-order valence-corrected chi connectivity index (χ4v) is 4.90. The highest BCUT2D eigenvalue weighted by Gasteiger charge is 2.26. The first kappa shape index (κ1) is 19.9. The lowest BCUT2D eigenvalue weighted by Gasteiger charge is -2.35. The Balaban J connectivity index is 1.45. The Morgan fingerprint density at radius 2 is 2.04 bits per heavy atom. The van der Waals surface area contributed by atoms with Gasteiger partial charge in [0.1, 0.15) is 0 Å². The zero-order chi connectivity index (χ0) is 19.1. The van der Waals surface area contributed by atoms with Crippen molar-refractivity contribution in [2.24, 2.45) is 0 Å². The normalized spacial score (nSPS) is 16.1. The molecule has 2 heterocycles. The smallest absolute Gasteiger partial charge is 0.235 e. The van der Waals surface area contributed by atoms with Gasteiger partial charge in [-0.1, -0.05) is 59.5 Å². The summed E-state index contributed by atoms with van der Waals surface area (Å²) in [5.41, 5.74) is 1.32. The van der Waals surface area contributed by atoms with Gasteiger partial charge < -0.3 is 10.2 Å². The third kappa shape index (κ3) is 5.79. The molecule has 1 aliphatic heterocycles. The molecule has 0 spiro atoms.